The Balaban J connectivity index is 0.00000288. The number of hydrogen-bond acceptors (Lipinski definition) is 2. The Morgan fingerprint density at radius 2 is 1.96 bits per heavy atom. The van der Waals surface area contributed by atoms with Crippen molar-refractivity contribution < 1.29 is 8.78 Å². The predicted octanol–water partition coefficient (Wildman–Crippen LogP) is 2.98. The summed E-state index contributed by atoms with van der Waals surface area (Å²) < 4.78 is 26.7. The van der Waals surface area contributed by atoms with Crippen LogP contribution in [0.15, 0.2) is 23.2 Å². The normalized spacial score (nSPS) is 16.6. The summed E-state index contributed by atoms with van der Waals surface area (Å²) in [6, 6.07) is 3.45. The molecule has 0 atom stereocenters. The molecule has 136 valence electrons. The van der Waals surface area contributed by atoms with Gasteiger partial charge in [-0.15, -0.1) is 24.0 Å². The minimum absolute atomic E-state index is 0. The van der Waals surface area contributed by atoms with Crippen LogP contribution in [0, 0.1) is 17.6 Å². The molecule has 1 aromatic rings. The molecular weight excluding hydrogens is 425 g/mol. The Labute approximate surface area is 160 Å². The topological polar surface area (TPSA) is 39.7 Å². The SMILES string of the molecule is CN=C(NCCN1CCC(C)CC1)NCc1cc(F)ccc1F.I. The second-order valence-corrected chi connectivity index (χ2v) is 6.11. The Bertz CT molecular complexity index is 531. The van der Waals surface area contributed by atoms with Gasteiger partial charge < -0.3 is 15.5 Å². The summed E-state index contributed by atoms with van der Waals surface area (Å²) in [5, 5.41) is 6.23. The van der Waals surface area contributed by atoms with Crippen molar-refractivity contribution in [1.82, 2.24) is 15.5 Å². The largest absolute Gasteiger partial charge is 0.355 e. The minimum Gasteiger partial charge on any atom is -0.355 e. The second-order valence-electron chi connectivity index (χ2n) is 6.11. The van der Waals surface area contributed by atoms with E-state index in [9.17, 15) is 8.78 Å². The Hall–Kier alpha value is -0.960. The zero-order valence-corrected chi connectivity index (χ0v) is 16.6. The average molecular weight is 452 g/mol. The molecule has 0 spiro atoms. The van der Waals surface area contributed by atoms with Gasteiger partial charge in [-0.05, 0) is 50.0 Å². The number of hydrogen-bond donors (Lipinski definition) is 2. The zero-order valence-electron chi connectivity index (χ0n) is 14.3. The van der Waals surface area contributed by atoms with Crippen molar-refractivity contribution in [2.75, 3.05) is 33.2 Å². The van der Waals surface area contributed by atoms with Crippen LogP contribution < -0.4 is 10.6 Å². The first-order chi connectivity index (χ1) is 11.1. The summed E-state index contributed by atoms with van der Waals surface area (Å²) in [5.74, 6) is 0.566. The number of halogens is 3. The standard InChI is InChI=1S/C17H26F2N4.HI/c1-13-5-8-23(9-6-13)10-7-21-17(20-2)22-12-14-11-15(18)3-4-16(14)19;/h3-4,11,13H,5-10,12H2,1-2H3,(H2,20,21,22);1H. The summed E-state index contributed by atoms with van der Waals surface area (Å²) in [4.78, 5) is 6.55. The Morgan fingerprint density at radius 3 is 2.62 bits per heavy atom. The molecule has 2 N–H and O–H groups in total. The molecule has 0 saturated carbocycles. The molecular formula is C17H27F2IN4. The van der Waals surface area contributed by atoms with Gasteiger partial charge in [0.2, 0.25) is 0 Å². The van der Waals surface area contributed by atoms with Gasteiger partial charge in [0.15, 0.2) is 5.96 Å². The van der Waals surface area contributed by atoms with E-state index in [1.54, 1.807) is 7.05 Å². The van der Waals surface area contributed by atoms with Gasteiger partial charge in [0.25, 0.3) is 0 Å². The maximum absolute atomic E-state index is 13.6. The number of likely N-dealkylation sites (tertiary alicyclic amines) is 1. The first-order valence-electron chi connectivity index (χ1n) is 8.19. The van der Waals surface area contributed by atoms with Gasteiger partial charge in [-0.3, -0.25) is 4.99 Å². The number of aliphatic imine (C=N–C) groups is 1. The number of guanidine groups is 1. The number of nitrogens with zero attached hydrogens (tertiary/aromatic N) is 2. The van der Waals surface area contributed by atoms with Crippen molar-refractivity contribution in [3.8, 4) is 0 Å². The van der Waals surface area contributed by atoms with E-state index >= 15 is 0 Å². The maximum atomic E-state index is 13.6. The third kappa shape index (κ3) is 6.88. The van der Waals surface area contributed by atoms with Gasteiger partial charge in [0, 0.05) is 32.2 Å². The fraction of sp³-hybridized carbons (Fsp3) is 0.588. The van der Waals surface area contributed by atoms with E-state index < -0.39 is 11.6 Å². The smallest absolute Gasteiger partial charge is 0.191 e. The van der Waals surface area contributed by atoms with E-state index in [0.717, 1.165) is 44.2 Å². The number of rotatable bonds is 5. The van der Waals surface area contributed by atoms with E-state index in [-0.39, 0.29) is 36.1 Å². The molecule has 2 rings (SSSR count). The molecule has 1 saturated heterocycles. The van der Waals surface area contributed by atoms with Crippen molar-refractivity contribution in [2.45, 2.75) is 26.3 Å². The van der Waals surface area contributed by atoms with Crippen LogP contribution in [-0.2, 0) is 6.54 Å². The first kappa shape index (κ1) is 21.1. The average Bonchev–Trinajstić information content (AvgIpc) is 2.55. The van der Waals surface area contributed by atoms with Crippen LogP contribution >= 0.6 is 24.0 Å². The fourth-order valence-corrected chi connectivity index (χ4v) is 2.70. The molecule has 0 unspecified atom stereocenters. The molecule has 1 aromatic carbocycles. The van der Waals surface area contributed by atoms with Gasteiger partial charge in [0.1, 0.15) is 11.6 Å². The van der Waals surface area contributed by atoms with Crippen molar-refractivity contribution in [3.05, 3.63) is 35.4 Å². The van der Waals surface area contributed by atoms with Crippen molar-refractivity contribution in [2.24, 2.45) is 10.9 Å². The highest BCUT2D eigenvalue weighted by Gasteiger charge is 2.15. The second kappa shape index (κ2) is 10.8. The number of nitrogens with one attached hydrogen (secondary N) is 2. The summed E-state index contributed by atoms with van der Waals surface area (Å²) in [6.45, 7) is 6.52. The van der Waals surface area contributed by atoms with Crippen LogP contribution in [-0.4, -0.2) is 44.1 Å². The van der Waals surface area contributed by atoms with Crippen LogP contribution in [0.4, 0.5) is 8.78 Å². The molecule has 0 aliphatic carbocycles. The molecule has 0 aromatic heterocycles. The lowest BCUT2D eigenvalue weighted by atomic mass is 9.99. The summed E-state index contributed by atoms with van der Waals surface area (Å²) in [5.41, 5.74) is 0.290. The molecule has 1 aliphatic heterocycles. The van der Waals surface area contributed by atoms with Crippen molar-refractivity contribution >= 4 is 29.9 Å². The van der Waals surface area contributed by atoms with Crippen molar-refractivity contribution in [3.63, 3.8) is 0 Å². The lowest BCUT2D eigenvalue weighted by molar-refractivity contribution is 0.195. The zero-order chi connectivity index (χ0) is 16.7. The minimum atomic E-state index is -0.439. The van der Waals surface area contributed by atoms with Crippen LogP contribution in [0.1, 0.15) is 25.3 Å². The van der Waals surface area contributed by atoms with Gasteiger partial charge >= 0.3 is 0 Å². The van der Waals surface area contributed by atoms with Crippen LogP contribution in [0.25, 0.3) is 0 Å². The third-order valence-corrected chi connectivity index (χ3v) is 4.27. The van der Waals surface area contributed by atoms with Crippen LogP contribution in [0.3, 0.4) is 0 Å². The predicted molar refractivity (Wildman–Crippen MR) is 105 cm³/mol. The van der Waals surface area contributed by atoms with Gasteiger partial charge in [-0.1, -0.05) is 6.92 Å². The lowest BCUT2D eigenvalue weighted by Crippen LogP contribution is -2.43. The maximum Gasteiger partial charge on any atom is 0.191 e. The third-order valence-electron chi connectivity index (χ3n) is 4.27. The molecule has 1 fully saturated rings. The number of piperidine rings is 1. The molecule has 24 heavy (non-hydrogen) atoms. The fourth-order valence-electron chi connectivity index (χ4n) is 2.70. The molecule has 1 heterocycles. The van der Waals surface area contributed by atoms with Gasteiger partial charge in [-0.25, -0.2) is 8.78 Å². The highest BCUT2D eigenvalue weighted by atomic mass is 127. The summed E-state index contributed by atoms with van der Waals surface area (Å²) in [7, 11) is 1.67. The van der Waals surface area contributed by atoms with E-state index in [4.69, 9.17) is 0 Å². The van der Waals surface area contributed by atoms with E-state index in [0.29, 0.717) is 5.96 Å². The van der Waals surface area contributed by atoms with Crippen LogP contribution in [0.5, 0.6) is 0 Å². The lowest BCUT2D eigenvalue weighted by Gasteiger charge is -2.30. The summed E-state index contributed by atoms with van der Waals surface area (Å²) >= 11 is 0. The van der Waals surface area contributed by atoms with E-state index in [2.05, 4.69) is 27.4 Å². The van der Waals surface area contributed by atoms with E-state index in [1.807, 2.05) is 0 Å². The molecule has 1 aliphatic rings. The molecule has 4 nitrogen and oxygen atoms in total. The van der Waals surface area contributed by atoms with Gasteiger partial charge in [-0.2, -0.15) is 0 Å². The van der Waals surface area contributed by atoms with Gasteiger partial charge in [0.05, 0.1) is 0 Å². The van der Waals surface area contributed by atoms with E-state index in [1.165, 1.54) is 18.9 Å². The molecule has 7 heteroatoms. The number of benzene rings is 1. The monoisotopic (exact) mass is 452 g/mol. The van der Waals surface area contributed by atoms with Crippen molar-refractivity contribution in [1.29, 1.82) is 0 Å². The Kier molecular flexibility index (Phi) is 9.50. The first-order valence-corrected chi connectivity index (χ1v) is 8.19. The quantitative estimate of drug-likeness (QED) is 0.410. The molecule has 0 amide bonds. The molecule has 0 bridgehead atoms. The highest BCUT2D eigenvalue weighted by molar-refractivity contribution is 14.0. The Morgan fingerprint density at radius 1 is 1.25 bits per heavy atom. The highest BCUT2D eigenvalue weighted by Crippen LogP contribution is 2.15. The molecule has 0 radical (unpaired) electrons. The summed E-state index contributed by atoms with van der Waals surface area (Å²) in [6.07, 6.45) is 2.51. The van der Waals surface area contributed by atoms with Crippen LogP contribution in [0.2, 0.25) is 0 Å².